The van der Waals surface area contributed by atoms with Crippen molar-refractivity contribution in [2.75, 3.05) is 0 Å². The maximum Gasteiger partial charge on any atom is 0.228 e. The van der Waals surface area contributed by atoms with Crippen molar-refractivity contribution in [2.24, 2.45) is 26.5 Å². The molecule has 0 spiro atoms. The third-order valence-corrected chi connectivity index (χ3v) is 6.66. The molecule has 2 atom stereocenters. The van der Waals surface area contributed by atoms with Crippen LogP contribution in [0.1, 0.15) is 51.0 Å². The molecule has 32 heavy (non-hydrogen) atoms. The van der Waals surface area contributed by atoms with Crippen LogP contribution in [0.15, 0.2) is 58.6 Å². The summed E-state index contributed by atoms with van der Waals surface area (Å²) < 4.78 is 0. The fourth-order valence-electron chi connectivity index (χ4n) is 4.84. The summed E-state index contributed by atoms with van der Waals surface area (Å²) in [6.45, 7) is 1.82. The lowest BCUT2D eigenvalue weighted by molar-refractivity contribution is -0.137. The number of ketones is 1. The van der Waals surface area contributed by atoms with E-state index < -0.39 is 22.9 Å². The zero-order chi connectivity index (χ0) is 22.8. The van der Waals surface area contributed by atoms with Crippen molar-refractivity contribution >= 4 is 35.2 Å². The largest absolute Gasteiger partial charge is 0.370 e. The van der Waals surface area contributed by atoms with E-state index in [1.165, 1.54) is 6.08 Å². The smallest absolute Gasteiger partial charge is 0.228 e. The van der Waals surface area contributed by atoms with Crippen LogP contribution in [0.3, 0.4) is 0 Å². The average Bonchev–Trinajstić information content (AvgIpc) is 2.96. The number of fused-ring (bicyclic) bond motifs is 1. The van der Waals surface area contributed by atoms with Crippen LogP contribution >= 0.6 is 0 Å². The highest BCUT2D eigenvalue weighted by Crippen LogP contribution is 2.40. The number of carbonyl (C=O) groups excluding carboxylic acids is 3. The van der Waals surface area contributed by atoms with Gasteiger partial charge >= 0.3 is 0 Å². The molecule has 1 aliphatic heterocycles. The molecule has 166 valence electrons. The Morgan fingerprint density at radius 1 is 1.16 bits per heavy atom. The molecule has 0 bridgehead atoms. The van der Waals surface area contributed by atoms with Crippen LogP contribution < -0.4 is 11.1 Å². The third kappa shape index (κ3) is 4.07. The molecule has 1 heterocycles. The normalized spacial score (nSPS) is 26.1. The van der Waals surface area contributed by atoms with Crippen LogP contribution in [-0.2, 0) is 14.4 Å². The number of benzene rings is 1. The minimum absolute atomic E-state index is 0.0171. The maximum absolute atomic E-state index is 13.4. The van der Waals surface area contributed by atoms with Gasteiger partial charge in [-0.1, -0.05) is 55.7 Å². The molecule has 1 fully saturated rings. The van der Waals surface area contributed by atoms with Crippen molar-refractivity contribution in [3.8, 4) is 0 Å². The Kier molecular flexibility index (Phi) is 5.91. The van der Waals surface area contributed by atoms with Gasteiger partial charge in [-0.25, -0.2) is 0 Å². The van der Waals surface area contributed by atoms with E-state index in [0.717, 1.165) is 24.8 Å². The predicted octanol–water partition coefficient (Wildman–Crippen LogP) is 3.16. The number of para-hydroxylation sites is 1. The van der Waals surface area contributed by atoms with E-state index in [-0.39, 0.29) is 18.1 Å². The molecule has 0 aromatic heterocycles. The second-order valence-corrected chi connectivity index (χ2v) is 8.96. The fraction of sp³-hybridized carbons (Fsp3) is 0.400. The van der Waals surface area contributed by atoms with E-state index in [1.807, 2.05) is 43.3 Å². The van der Waals surface area contributed by atoms with E-state index in [4.69, 9.17) is 10.7 Å². The number of amides is 2. The van der Waals surface area contributed by atoms with Gasteiger partial charge in [0.15, 0.2) is 11.9 Å². The van der Waals surface area contributed by atoms with Crippen molar-refractivity contribution in [2.45, 2.75) is 51.6 Å². The van der Waals surface area contributed by atoms with Gasteiger partial charge in [-0.05, 0) is 31.9 Å². The van der Waals surface area contributed by atoms with Crippen LogP contribution in [-0.4, -0.2) is 35.7 Å². The molecule has 7 nitrogen and oxygen atoms in total. The molecule has 1 aromatic rings. The Hall–Kier alpha value is -3.35. The molecule has 7 heteroatoms. The van der Waals surface area contributed by atoms with Crippen LogP contribution in [0, 0.1) is 10.8 Å². The Bertz CT molecular complexity index is 1060. The minimum atomic E-state index is -0.975. The predicted molar refractivity (Wildman–Crippen MR) is 124 cm³/mol. The van der Waals surface area contributed by atoms with E-state index in [0.29, 0.717) is 24.2 Å². The number of nitrogens with one attached hydrogen (secondary N) is 1. The number of carbonyl (C=O) groups is 3. The second kappa shape index (κ2) is 8.65. The van der Waals surface area contributed by atoms with Crippen LogP contribution in [0.4, 0.5) is 5.69 Å². The molecule has 2 amide bonds. The lowest BCUT2D eigenvalue weighted by atomic mass is 9.71. The van der Waals surface area contributed by atoms with Crippen LogP contribution in [0.25, 0.3) is 0 Å². The van der Waals surface area contributed by atoms with E-state index >= 15 is 0 Å². The number of nitrogens with zero attached hydrogens (tertiary/aromatic N) is 2. The zero-order valence-electron chi connectivity index (χ0n) is 18.2. The van der Waals surface area contributed by atoms with Gasteiger partial charge in [0.25, 0.3) is 0 Å². The highest BCUT2D eigenvalue weighted by Gasteiger charge is 2.42. The summed E-state index contributed by atoms with van der Waals surface area (Å²) in [5.74, 6) is -0.805. The first kappa shape index (κ1) is 21.9. The number of hydrogen-bond acceptors (Lipinski definition) is 5. The first-order valence-corrected chi connectivity index (χ1v) is 11.1. The molecule has 2 aliphatic carbocycles. The van der Waals surface area contributed by atoms with Crippen molar-refractivity contribution in [3.05, 3.63) is 54.1 Å². The van der Waals surface area contributed by atoms with E-state index in [1.54, 1.807) is 12.3 Å². The first-order chi connectivity index (χ1) is 15.3. The standard InChI is InChI=1S/C25H28N4O3/c1-24(12-8-5-11-19(24)30)22-17-9-3-4-10-18(17)27-16-21(28-22)29-23(32)25(15-20(26)31)13-6-2-7-14-25/h3-5,8-12,16,21H,2,6-7,13-15H2,1H3,(H2,26,31)(H,29,32)/t21-,24?/m1/s1. The summed E-state index contributed by atoms with van der Waals surface area (Å²) >= 11 is 0. The summed E-state index contributed by atoms with van der Waals surface area (Å²) in [4.78, 5) is 47.4. The van der Waals surface area contributed by atoms with Crippen LogP contribution in [0.5, 0.6) is 0 Å². The van der Waals surface area contributed by atoms with Crippen molar-refractivity contribution < 1.29 is 14.4 Å². The number of aliphatic imine (C=N–C) groups is 2. The maximum atomic E-state index is 13.4. The quantitative estimate of drug-likeness (QED) is 0.745. The molecule has 3 aliphatic rings. The van der Waals surface area contributed by atoms with Gasteiger partial charge in [-0.15, -0.1) is 0 Å². The molecular weight excluding hydrogens is 404 g/mol. The molecule has 4 rings (SSSR count). The lowest BCUT2D eigenvalue weighted by Gasteiger charge is -2.35. The topological polar surface area (TPSA) is 114 Å². The Balaban J connectivity index is 1.71. The number of primary amides is 1. The Labute approximate surface area is 187 Å². The van der Waals surface area contributed by atoms with Gasteiger partial charge in [0.2, 0.25) is 11.8 Å². The summed E-state index contributed by atoms with van der Waals surface area (Å²) in [5, 5.41) is 2.97. The van der Waals surface area contributed by atoms with Gasteiger partial charge in [-0.2, -0.15) is 0 Å². The van der Waals surface area contributed by atoms with Gasteiger partial charge in [-0.3, -0.25) is 24.4 Å². The summed E-state index contributed by atoms with van der Waals surface area (Å²) in [5.41, 5.74) is 5.68. The Morgan fingerprint density at radius 2 is 1.91 bits per heavy atom. The minimum Gasteiger partial charge on any atom is -0.370 e. The van der Waals surface area contributed by atoms with Gasteiger partial charge < -0.3 is 11.1 Å². The summed E-state index contributed by atoms with van der Waals surface area (Å²) in [6.07, 6.45) is 11.8. The van der Waals surface area contributed by atoms with Gasteiger partial charge in [0.1, 0.15) is 0 Å². The second-order valence-electron chi connectivity index (χ2n) is 8.96. The molecule has 0 radical (unpaired) electrons. The highest BCUT2D eigenvalue weighted by molar-refractivity contribution is 6.24. The first-order valence-electron chi connectivity index (χ1n) is 11.1. The fourth-order valence-corrected chi connectivity index (χ4v) is 4.84. The number of allylic oxidation sites excluding steroid dienone is 4. The third-order valence-electron chi connectivity index (χ3n) is 6.66. The molecule has 1 aromatic carbocycles. The average molecular weight is 433 g/mol. The van der Waals surface area contributed by atoms with Crippen molar-refractivity contribution in [1.82, 2.24) is 5.32 Å². The van der Waals surface area contributed by atoms with Crippen LogP contribution in [0.2, 0.25) is 0 Å². The number of nitrogens with two attached hydrogens (primary N) is 1. The lowest BCUT2D eigenvalue weighted by Crippen LogP contribution is -2.49. The van der Waals surface area contributed by atoms with Crippen molar-refractivity contribution in [3.63, 3.8) is 0 Å². The zero-order valence-corrected chi connectivity index (χ0v) is 18.2. The molecular formula is C25H28N4O3. The van der Waals surface area contributed by atoms with Gasteiger partial charge in [0, 0.05) is 18.2 Å². The number of hydrogen-bond donors (Lipinski definition) is 2. The van der Waals surface area contributed by atoms with E-state index in [9.17, 15) is 14.4 Å². The summed E-state index contributed by atoms with van der Waals surface area (Å²) in [7, 11) is 0. The number of rotatable bonds is 5. The molecule has 3 N–H and O–H groups in total. The summed E-state index contributed by atoms with van der Waals surface area (Å²) in [6, 6.07) is 7.49. The van der Waals surface area contributed by atoms with Crippen molar-refractivity contribution in [1.29, 1.82) is 0 Å². The monoisotopic (exact) mass is 432 g/mol. The SMILES string of the molecule is CC1(C2=N[C@H](NC(=O)C3(CC(N)=O)CCCCC3)C=Nc3ccccc32)C=CC=CC1=O. The highest BCUT2D eigenvalue weighted by atomic mass is 16.2. The Morgan fingerprint density at radius 3 is 2.62 bits per heavy atom. The molecule has 1 saturated carbocycles. The van der Waals surface area contributed by atoms with E-state index in [2.05, 4.69) is 10.3 Å². The molecule has 1 unspecified atom stereocenters. The molecule has 0 saturated heterocycles. The van der Waals surface area contributed by atoms with Gasteiger partial charge in [0.05, 0.1) is 22.2 Å².